The maximum Gasteiger partial charge on any atom is 0.251 e. The van der Waals surface area contributed by atoms with Crippen molar-refractivity contribution in [1.29, 1.82) is 0 Å². The average molecular weight is 285 g/mol. The second kappa shape index (κ2) is 8.01. The molecule has 0 saturated heterocycles. The first-order valence-electron chi connectivity index (χ1n) is 6.96. The number of hydrogen-bond donors (Lipinski definition) is 2. The fraction of sp³-hybridized carbons (Fsp3) is 0.250. The first-order valence-corrected chi connectivity index (χ1v) is 6.96. The van der Waals surface area contributed by atoms with E-state index in [1.165, 1.54) is 0 Å². The van der Waals surface area contributed by atoms with Gasteiger partial charge < -0.3 is 15.4 Å². The summed E-state index contributed by atoms with van der Waals surface area (Å²) in [7, 11) is 0. The van der Waals surface area contributed by atoms with Crippen molar-refractivity contribution in [2.45, 2.75) is 6.92 Å². The Morgan fingerprint density at radius 1 is 1.14 bits per heavy atom. The van der Waals surface area contributed by atoms with Crippen molar-refractivity contribution in [2.75, 3.05) is 19.6 Å². The van der Waals surface area contributed by atoms with Crippen LogP contribution in [0.3, 0.4) is 0 Å². The topological polar surface area (TPSA) is 63.2 Å². The highest BCUT2D eigenvalue weighted by Crippen LogP contribution is 2.21. The minimum atomic E-state index is -0.104. The highest BCUT2D eigenvalue weighted by atomic mass is 16.5. The Bertz CT molecular complexity index is 573. The number of benzene rings is 1. The SMILES string of the molecule is CCNCCNC(=O)c1cccc(Oc2ccncc2)c1. The summed E-state index contributed by atoms with van der Waals surface area (Å²) in [5, 5.41) is 6.01. The van der Waals surface area contributed by atoms with Crippen molar-refractivity contribution in [3.05, 3.63) is 54.4 Å². The molecule has 0 atom stereocenters. The van der Waals surface area contributed by atoms with Crippen LogP contribution in [-0.4, -0.2) is 30.5 Å². The molecule has 0 unspecified atom stereocenters. The number of pyridine rings is 1. The van der Waals surface area contributed by atoms with Crippen LogP contribution >= 0.6 is 0 Å². The van der Waals surface area contributed by atoms with Crippen LogP contribution in [0.2, 0.25) is 0 Å². The third kappa shape index (κ3) is 4.89. The Morgan fingerprint density at radius 3 is 2.71 bits per heavy atom. The van der Waals surface area contributed by atoms with Gasteiger partial charge in [0.25, 0.3) is 5.91 Å². The van der Waals surface area contributed by atoms with Crippen molar-refractivity contribution >= 4 is 5.91 Å². The molecule has 0 aliphatic carbocycles. The predicted molar refractivity (Wildman–Crippen MR) is 81.6 cm³/mol. The van der Waals surface area contributed by atoms with Crippen LogP contribution in [0.4, 0.5) is 0 Å². The number of carbonyl (C=O) groups excluding carboxylic acids is 1. The number of nitrogens with zero attached hydrogens (tertiary/aromatic N) is 1. The first kappa shape index (κ1) is 15.0. The second-order valence-corrected chi connectivity index (χ2v) is 4.42. The van der Waals surface area contributed by atoms with Crippen LogP contribution < -0.4 is 15.4 Å². The summed E-state index contributed by atoms with van der Waals surface area (Å²) in [6, 6.07) is 10.6. The van der Waals surface area contributed by atoms with Crippen molar-refractivity contribution in [3.8, 4) is 11.5 Å². The molecule has 0 saturated carbocycles. The van der Waals surface area contributed by atoms with Gasteiger partial charge in [-0.15, -0.1) is 0 Å². The quantitative estimate of drug-likeness (QED) is 0.766. The standard InChI is InChI=1S/C16H19N3O2/c1-2-17-10-11-19-16(20)13-4-3-5-15(12-13)21-14-6-8-18-9-7-14/h3-9,12,17H,2,10-11H2,1H3,(H,19,20). The normalized spacial score (nSPS) is 10.1. The third-order valence-electron chi connectivity index (χ3n) is 2.82. The number of hydrogen-bond acceptors (Lipinski definition) is 4. The largest absolute Gasteiger partial charge is 0.457 e. The van der Waals surface area contributed by atoms with E-state index in [1.54, 1.807) is 42.7 Å². The van der Waals surface area contributed by atoms with Crippen LogP contribution in [0.25, 0.3) is 0 Å². The molecule has 0 aliphatic rings. The molecule has 1 heterocycles. The van der Waals surface area contributed by atoms with Crippen molar-refractivity contribution in [3.63, 3.8) is 0 Å². The van der Waals surface area contributed by atoms with E-state index in [9.17, 15) is 4.79 Å². The van der Waals surface area contributed by atoms with Crippen LogP contribution in [0.5, 0.6) is 11.5 Å². The smallest absolute Gasteiger partial charge is 0.251 e. The van der Waals surface area contributed by atoms with Gasteiger partial charge in [-0.3, -0.25) is 9.78 Å². The monoisotopic (exact) mass is 285 g/mol. The van der Waals surface area contributed by atoms with Gasteiger partial charge in [0.05, 0.1) is 0 Å². The number of rotatable bonds is 7. The number of amides is 1. The molecule has 5 nitrogen and oxygen atoms in total. The van der Waals surface area contributed by atoms with Gasteiger partial charge in [-0.25, -0.2) is 0 Å². The maximum atomic E-state index is 12.0. The van der Waals surface area contributed by atoms with E-state index in [4.69, 9.17) is 4.74 Å². The third-order valence-corrected chi connectivity index (χ3v) is 2.82. The van der Waals surface area contributed by atoms with E-state index >= 15 is 0 Å². The lowest BCUT2D eigenvalue weighted by molar-refractivity contribution is 0.0953. The van der Waals surface area contributed by atoms with E-state index in [0.29, 0.717) is 23.6 Å². The molecule has 110 valence electrons. The molecule has 2 N–H and O–H groups in total. The molecular formula is C16H19N3O2. The Hall–Kier alpha value is -2.40. The summed E-state index contributed by atoms with van der Waals surface area (Å²) >= 11 is 0. The molecule has 0 spiro atoms. The van der Waals surface area contributed by atoms with Gasteiger partial charge in [-0.1, -0.05) is 13.0 Å². The van der Waals surface area contributed by atoms with Crippen LogP contribution in [-0.2, 0) is 0 Å². The zero-order chi connectivity index (χ0) is 14.9. The van der Waals surface area contributed by atoms with E-state index in [2.05, 4.69) is 15.6 Å². The summed E-state index contributed by atoms with van der Waals surface area (Å²) in [6.07, 6.45) is 3.32. The van der Waals surface area contributed by atoms with Crippen LogP contribution in [0.15, 0.2) is 48.8 Å². The Morgan fingerprint density at radius 2 is 1.95 bits per heavy atom. The van der Waals surface area contributed by atoms with Gasteiger partial charge >= 0.3 is 0 Å². The van der Waals surface area contributed by atoms with E-state index < -0.39 is 0 Å². The number of ether oxygens (including phenoxy) is 1. The van der Waals surface area contributed by atoms with Gasteiger partial charge in [-0.2, -0.15) is 0 Å². The zero-order valence-corrected chi connectivity index (χ0v) is 12.0. The summed E-state index contributed by atoms with van der Waals surface area (Å²) in [6.45, 7) is 4.28. The molecule has 0 aliphatic heterocycles. The van der Waals surface area contributed by atoms with E-state index in [-0.39, 0.29) is 5.91 Å². The average Bonchev–Trinajstić information content (AvgIpc) is 2.53. The minimum absolute atomic E-state index is 0.104. The second-order valence-electron chi connectivity index (χ2n) is 4.42. The Labute approximate surface area is 124 Å². The molecule has 1 amide bonds. The number of carbonyl (C=O) groups is 1. The molecule has 2 aromatic rings. The lowest BCUT2D eigenvalue weighted by atomic mass is 10.2. The fourth-order valence-electron chi connectivity index (χ4n) is 1.79. The summed E-state index contributed by atoms with van der Waals surface area (Å²) in [4.78, 5) is 15.9. The van der Waals surface area contributed by atoms with Gasteiger partial charge in [0.2, 0.25) is 0 Å². The van der Waals surface area contributed by atoms with Crippen molar-refractivity contribution in [1.82, 2.24) is 15.6 Å². The van der Waals surface area contributed by atoms with Crippen molar-refractivity contribution in [2.24, 2.45) is 0 Å². The molecule has 0 radical (unpaired) electrons. The molecule has 1 aromatic heterocycles. The molecule has 0 bridgehead atoms. The fourth-order valence-corrected chi connectivity index (χ4v) is 1.79. The molecule has 0 fully saturated rings. The summed E-state index contributed by atoms with van der Waals surface area (Å²) in [5.41, 5.74) is 0.582. The predicted octanol–water partition coefficient (Wildman–Crippen LogP) is 2.21. The molecule has 21 heavy (non-hydrogen) atoms. The first-order chi connectivity index (χ1) is 10.3. The van der Waals surface area contributed by atoms with Gasteiger partial charge in [0.1, 0.15) is 11.5 Å². The highest BCUT2D eigenvalue weighted by Gasteiger charge is 2.06. The summed E-state index contributed by atoms with van der Waals surface area (Å²) < 4.78 is 5.68. The van der Waals surface area contributed by atoms with Crippen molar-refractivity contribution < 1.29 is 9.53 Å². The lowest BCUT2D eigenvalue weighted by Gasteiger charge is -2.08. The Kier molecular flexibility index (Phi) is 5.72. The van der Waals surface area contributed by atoms with E-state index in [1.807, 2.05) is 13.0 Å². The van der Waals surface area contributed by atoms with Crippen LogP contribution in [0.1, 0.15) is 17.3 Å². The molecule has 1 aromatic carbocycles. The lowest BCUT2D eigenvalue weighted by Crippen LogP contribution is -2.31. The Balaban J connectivity index is 1.95. The molecular weight excluding hydrogens is 266 g/mol. The molecule has 2 rings (SSSR count). The van der Waals surface area contributed by atoms with Gasteiger partial charge in [-0.05, 0) is 36.9 Å². The van der Waals surface area contributed by atoms with Crippen LogP contribution in [0, 0.1) is 0 Å². The molecule has 5 heteroatoms. The number of aromatic nitrogens is 1. The number of nitrogens with one attached hydrogen (secondary N) is 2. The zero-order valence-electron chi connectivity index (χ0n) is 12.0. The van der Waals surface area contributed by atoms with Gasteiger partial charge in [0.15, 0.2) is 0 Å². The number of likely N-dealkylation sites (N-methyl/N-ethyl adjacent to an activating group) is 1. The maximum absolute atomic E-state index is 12.0. The minimum Gasteiger partial charge on any atom is -0.457 e. The van der Waals surface area contributed by atoms with Gasteiger partial charge in [0, 0.05) is 31.0 Å². The highest BCUT2D eigenvalue weighted by molar-refractivity contribution is 5.94. The van der Waals surface area contributed by atoms with E-state index in [0.717, 1.165) is 13.1 Å². The summed E-state index contributed by atoms with van der Waals surface area (Å²) in [5.74, 6) is 1.21.